The summed E-state index contributed by atoms with van der Waals surface area (Å²) in [5, 5.41) is 7.12. The van der Waals surface area contributed by atoms with E-state index in [1.165, 1.54) is 31.4 Å². The number of rotatable bonds is 7. The van der Waals surface area contributed by atoms with Crippen LogP contribution in [-0.4, -0.2) is 38.7 Å². The Morgan fingerprint density at radius 2 is 1.55 bits per heavy atom. The Balaban J connectivity index is 1.26. The van der Waals surface area contributed by atoms with Gasteiger partial charge in [-0.1, -0.05) is 50.2 Å². The second-order valence-corrected chi connectivity index (χ2v) is 8.93. The fraction of sp³-hybridized carbons (Fsp3) is 0.400. The predicted molar refractivity (Wildman–Crippen MR) is 121 cm³/mol. The largest absolute Gasteiger partial charge is 0.348 e. The van der Waals surface area contributed by atoms with E-state index < -0.39 is 0 Å². The van der Waals surface area contributed by atoms with Crippen LogP contribution in [0.25, 0.3) is 0 Å². The first kappa shape index (κ1) is 21.2. The molecule has 6 nitrogen and oxygen atoms in total. The van der Waals surface area contributed by atoms with Crippen LogP contribution in [0.1, 0.15) is 47.3 Å². The Hall–Kier alpha value is -2.99. The van der Waals surface area contributed by atoms with E-state index in [9.17, 15) is 4.79 Å². The van der Waals surface area contributed by atoms with Gasteiger partial charge < -0.3 is 5.32 Å². The van der Waals surface area contributed by atoms with Crippen LogP contribution in [0.15, 0.2) is 61.2 Å². The fourth-order valence-electron chi connectivity index (χ4n) is 4.49. The van der Waals surface area contributed by atoms with E-state index in [1.807, 2.05) is 24.3 Å². The minimum atomic E-state index is -0.0623. The summed E-state index contributed by atoms with van der Waals surface area (Å²) in [5.41, 5.74) is 4.18. The van der Waals surface area contributed by atoms with Crippen molar-refractivity contribution in [3.05, 3.63) is 83.4 Å². The maximum atomic E-state index is 12.5. The summed E-state index contributed by atoms with van der Waals surface area (Å²) < 4.78 is 1.76. The molecule has 1 fully saturated rings. The molecule has 3 aromatic rings. The first-order chi connectivity index (χ1) is 15.0. The summed E-state index contributed by atoms with van der Waals surface area (Å²) in [6.07, 6.45) is 4.53. The Labute approximate surface area is 184 Å². The summed E-state index contributed by atoms with van der Waals surface area (Å²) in [6, 6.07) is 16.2. The third kappa shape index (κ3) is 6.01. The van der Waals surface area contributed by atoms with Crippen LogP contribution in [0.5, 0.6) is 0 Å². The van der Waals surface area contributed by atoms with Crippen LogP contribution in [0.4, 0.5) is 0 Å². The number of carbonyl (C=O) groups is 1. The topological polar surface area (TPSA) is 63.1 Å². The number of benzene rings is 2. The lowest BCUT2D eigenvalue weighted by Crippen LogP contribution is -2.38. The van der Waals surface area contributed by atoms with Gasteiger partial charge in [-0.05, 0) is 47.1 Å². The van der Waals surface area contributed by atoms with Crippen molar-refractivity contribution >= 4 is 5.91 Å². The molecule has 6 heteroatoms. The molecule has 162 valence electrons. The third-order valence-electron chi connectivity index (χ3n) is 5.85. The fourth-order valence-corrected chi connectivity index (χ4v) is 4.49. The van der Waals surface area contributed by atoms with Crippen molar-refractivity contribution in [2.24, 2.45) is 11.8 Å². The Kier molecular flexibility index (Phi) is 6.77. The average molecular weight is 418 g/mol. The minimum Gasteiger partial charge on any atom is -0.348 e. The van der Waals surface area contributed by atoms with Gasteiger partial charge in [-0.3, -0.25) is 9.69 Å². The van der Waals surface area contributed by atoms with Gasteiger partial charge in [-0.15, -0.1) is 0 Å². The molecular weight excluding hydrogens is 386 g/mol. The second kappa shape index (κ2) is 9.88. The molecule has 2 atom stereocenters. The standard InChI is InChI=1S/C25H31N5O/c1-19-11-20(2)14-29(13-19)15-22-5-3-21(4-6-22)12-27-25(31)24-9-7-23(8-10-24)16-30-18-26-17-28-30/h3-10,17-20H,11-16H2,1-2H3,(H,27,31)/t19-,20+. The summed E-state index contributed by atoms with van der Waals surface area (Å²) >= 11 is 0. The zero-order valence-electron chi connectivity index (χ0n) is 18.4. The maximum Gasteiger partial charge on any atom is 0.251 e. The number of nitrogens with one attached hydrogen (secondary N) is 1. The molecule has 31 heavy (non-hydrogen) atoms. The van der Waals surface area contributed by atoms with E-state index in [1.54, 1.807) is 11.0 Å². The zero-order chi connectivity index (χ0) is 21.6. The molecule has 0 spiro atoms. The van der Waals surface area contributed by atoms with Gasteiger partial charge in [0.1, 0.15) is 12.7 Å². The summed E-state index contributed by atoms with van der Waals surface area (Å²) in [4.78, 5) is 19.0. The van der Waals surface area contributed by atoms with Gasteiger partial charge in [-0.2, -0.15) is 5.10 Å². The molecule has 2 aromatic carbocycles. The molecule has 1 N–H and O–H groups in total. The van der Waals surface area contributed by atoms with E-state index in [-0.39, 0.29) is 5.91 Å². The summed E-state index contributed by atoms with van der Waals surface area (Å²) in [5.74, 6) is 1.48. The average Bonchev–Trinajstić information content (AvgIpc) is 3.26. The van der Waals surface area contributed by atoms with E-state index in [2.05, 4.69) is 58.4 Å². The number of carbonyl (C=O) groups excluding carboxylic acids is 1. The van der Waals surface area contributed by atoms with Crippen molar-refractivity contribution in [1.82, 2.24) is 25.0 Å². The Bertz CT molecular complexity index is 956. The molecular formula is C25H31N5O. The van der Waals surface area contributed by atoms with Crippen LogP contribution in [0, 0.1) is 11.8 Å². The lowest BCUT2D eigenvalue weighted by molar-refractivity contribution is 0.0951. The van der Waals surface area contributed by atoms with Crippen LogP contribution < -0.4 is 5.32 Å². The van der Waals surface area contributed by atoms with Gasteiger partial charge >= 0.3 is 0 Å². The first-order valence-corrected chi connectivity index (χ1v) is 11.0. The van der Waals surface area contributed by atoms with Crippen molar-refractivity contribution in [1.29, 1.82) is 0 Å². The zero-order valence-corrected chi connectivity index (χ0v) is 18.4. The molecule has 0 unspecified atom stereocenters. The molecule has 1 saturated heterocycles. The van der Waals surface area contributed by atoms with Crippen LogP contribution >= 0.6 is 0 Å². The molecule has 0 aliphatic carbocycles. The third-order valence-corrected chi connectivity index (χ3v) is 5.85. The van der Waals surface area contributed by atoms with E-state index in [4.69, 9.17) is 0 Å². The molecule has 1 aromatic heterocycles. The van der Waals surface area contributed by atoms with Gasteiger partial charge in [0.2, 0.25) is 0 Å². The summed E-state index contributed by atoms with van der Waals surface area (Å²) in [6.45, 7) is 9.22. The molecule has 4 rings (SSSR count). The second-order valence-electron chi connectivity index (χ2n) is 8.93. The minimum absolute atomic E-state index is 0.0623. The number of piperidine rings is 1. The van der Waals surface area contributed by atoms with E-state index >= 15 is 0 Å². The maximum absolute atomic E-state index is 12.5. The number of aromatic nitrogens is 3. The normalized spacial score (nSPS) is 19.3. The number of hydrogen-bond acceptors (Lipinski definition) is 4. The highest BCUT2D eigenvalue weighted by atomic mass is 16.1. The van der Waals surface area contributed by atoms with E-state index in [0.717, 1.165) is 29.5 Å². The molecule has 0 saturated carbocycles. The monoisotopic (exact) mass is 417 g/mol. The predicted octanol–water partition coefficient (Wildman–Crippen LogP) is 3.73. The van der Waals surface area contributed by atoms with Crippen molar-refractivity contribution in [2.45, 2.75) is 39.9 Å². The number of hydrogen-bond donors (Lipinski definition) is 1. The quantitative estimate of drug-likeness (QED) is 0.636. The first-order valence-electron chi connectivity index (χ1n) is 11.0. The molecule has 1 amide bonds. The summed E-state index contributed by atoms with van der Waals surface area (Å²) in [7, 11) is 0. The van der Waals surface area contributed by atoms with Gasteiger partial charge in [0.25, 0.3) is 5.91 Å². The highest BCUT2D eigenvalue weighted by molar-refractivity contribution is 5.94. The lowest BCUT2D eigenvalue weighted by atomic mass is 9.91. The number of nitrogens with zero attached hydrogens (tertiary/aromatic N) is 4. The van der Waals surface area contributed by atoms with Gasteiger partial charge in [0, 0.05) is 31.7 Å². The van der Waals surface area contributed by atoms with Crippen LogP contribution in [0.2, 0.25) is 0 Å². The SMILES string of the molecule is C[C@@H]1C[C@H](C)CN(Cc2ccc(CNC(=O)c3ccc(Cn4cncn4)cc3)cc2)C1. The number of likely N-dealkylation sites (tertiary alicyclic amines) is 1. The molecule has 2 heterocycles. The molecule has 1 aliphatic heterocycles. The smallest absolute Gasteiger partial charge is 0.251 e. The van der Waals surface area contributed by atoms with Crippen molar-refractivity contribution in [2.75, 3.05) is 13.1 Å². The van der Waals surface area contributed by atoms with Crippen molar-refractivity contribution in [3.8, 4) is 0 Å². The van der Waals surface area contributed by atoms with Crippen molar-refractivity contribution < 1.29 is 4.79 Å². The van der Waals surface area contributed by atoms with Crippen LogP contribution in [-0.2, 0) is 19.6 Å². The highest BCUT2D eigenvalue weighted by Gasteiger charge is 2.21. The Morgan fingerprint density at radius 1 is 0.935 bits per heavy atom. The highest BCUT2D eigenvalue weighted by Crippen LogP contribution is 2.22. The molecule has 0 radical (unpaired) electrons. The molecule has 1 aliphatic rings. The molecule has 0 bridgehead atoms. The van der Waals surface area contributed by atoms with Gasteiger partial charge in [0.05, 0.1) is 6.54 Å². The number of amides is 1. The van der Waals surface area contributed by atoms with Gasteiger partial charge in [-0.25, -0.2) is 9.67 Å². The van der Waals surface area contributed by atoms with Gasteiger partial charge in [0.15, 0.2) is 0 Å². The lowest BCUT2D eigenvalue weighted by Gasteiger charge is -2.35. The van der Waals surface area contributed by atoms with E-state index in [0.29, 0.717) is 18.7 Å². The van der Waals surface area contributed by atoms with Crippen molar-refractivity contribution in [3.63, 3.8) is 0 Å². The Morgan fingerprint density at radius 3 is 2.19 bits per heavy atom. The van der Waals surface area contributed by atoms with Crippen LogP contribution in [0.3, 0.4) is 0 Å².